The smallest absolute Gasteiger partial charge is 0.244 e. The molecule has 84 valence electrons. The molecule has 0 unspecified atom stereocenters. The first kappa shape index (κ1) is 12.5. The fourth-order valence-corrected chi connectivity index (χ4v) is 1.31. The van der Waals surface area contributed by atoms with E-state index in [0.29, 0.717) is 11.6 Å². The molecule has 0 spiro atoms. The molecule has 1 N–H and O–H groups in total. The van der Waals surface area contributed by atoms with Gasteiger partial charge in [-0.25, -0.2) is 0 Å². The van der Waals surface area contributed by atoms with Crippen LogP contribution in [0.3, 0.4) is 0 Å². The van der Waals surface area contributed by atoms with E-state index in [2.05, 4.69) is 11.9 Å². The largest absolute Gasteiger partial charge is 0.349 e. The summed E-state index contributed by atoms with van der Waals surface area (Å²) in [6, 6.07) is 5.66. The zero-order chi connectivity index (χ0) is 12.0. The Kier molecular flexibility index (Phi) is 4.80. The third-order valence-corrected chi connectivity index (χ3v) is 2.45. The van der Waals surface area contributed by atoms with Crippen molar-refractivity contribution in [1.29, 1.82) is 0 Å². The van der Waals surface area contributed by atoms with Crippen LogP contribution in [0.25, 0.3) is 6.08 Å². The highest BCUT2D eigenvalue weighted by Crippen LogP contribution is 2.17. The first-order valence-corrected chi connectivity index (χ1v) is 5.34. The predicted octanol–water partition coefficient (Wildman–Crippen LogP) is 2.96. The van der Waals surface area contributed by atoms with Gasteiger partial charge in [-0.2, -0.15) is 0 Å². The summed E-state index contributed by atoms with van der Waals surface area (Å²) < 4.78 is 0. The molecule has 16 heavy (non-hydrogen) atoms. The maximum atomic E-state index is 11.2. The molecule has 0 atom stereocenters. The van der Waals surface area contributed by atoms with Crippen LogP contribution in [0.4, 0.5) is 0 Å². The molecule has 0 bridgehead atoms. The van der Waals surface area contributed by atoms with E-state index in [0.717, 1.165) is 11.1 Å². The molecular formula is C13H14ClNO. The molecular weight excluding hydrogens is 222 g/mol. The topological polar surface area (TPSA) is 29.1 Å². The minimum atomic E-state index is -0.142. The van der Waals surface area contributed by atoms with Gasteiger partial charge in [0.15, 0.2) is 0 Å². The van der Waals surface area contributed by atoms with Crippen LogP contribution in [0.5, 0.6) is 0 Å². The lowest BCUT2D eigenvalue weighted by atomic mass is 10.1. The number of aryl methyl sites for hydroxylation is 1. The van der Waals surface area contributed by atoms with Crippen molar-refractivity contribution in [1.82, 2.24) is 5.32 Å². The second-order valence-electron chi connectivity index (χ2n) is 3.38. The summed E-state index contributed by atoms with van der Waals surface area (Å²) in [7, 11) is 0. The van der Waals surface area contributed by atoms with E-state index in [-0.39, 0.29) is 5.91 Å². The van der Waals surface area contributed by atoms with Crippen molar-refractivity contribution in [2.24, 2.45) is 0 Å². The van der Waals surface area contributed by atoms with Gasteiger partial charge in [0.1, 0.15) is 0 Å². The standard InChI is InChI=1S/C13H14ClNO/c1-3-8-15-13(16)7-6-11-5-4-10(2)12(14)9-11/h3-7,9H,1,8H2,2H3,(H,15,16). The molecule has 0 aliphatic heterocycles. The van der Waals surface area contributed by atoms with Crippen LogP contribution in [-0.4, -0.2) is 12.5 Å². The van der Waals surface area contributed by atoms with Crippen LogP contribution in [0.2, 0.25) is 5.02 Å². The molecule has 2 nitrogen and oxygen atoms in total. The highest BCUT2D eigenvalue weighted by atomic mass is 35.5. The number of halogens is 1. The minimum absolute atomic E-state index is 0.142. The van der Waals surface area contributed by atoms with Crippen LogP contribution in [0.15, 0.2) is 36.9 Å². The number of nitrogens with one attached hydrogen (secondary N) is 1. The summed E-state index contributed by atoms with van der Waals surface area (Å²) in [5, 5.41) is 3.35. The van der Waals surface area contributed by atoms with Gasteiger partial charge in [-0.15, -0.1) is 6.58 Å². The van der Waals surface area contributed by atoms with E-state index in [1.54, 1.807) is 12.2 Å². The van der Waals surface area contributed by atoms with Crippen molar-refractivity contribution < 1.29 is 4.79 Å². The van der Waals surface area contributed by atoms with Crippen molar-refractivity contribution in [3.05, 3.63) is 53.1 Å². The Morgan fingerprint density at radius 2 is 2.31 bits per heavy atom. The lowest BCUT2D eigenvalue weighted by molar-refractivity contribution is -0.116. The normalized spacial score (nSPS) is 10.4. The highest BCUT2D eigenvalue weighted by molar-refractivity contribution is 6.31. The van der Waals surface area contributed by atoms with Gasteiger partial charge in [0.25, 0.3) is 0 Å². The number of carbonyl (C=O) groups excluding carboxylic acids is 1. The van der Waals surface area contributed by atoms with E-state index in [9.17, 15) is 4.79 Å². The second kappa shape index (κ2) is 6.13. The fourth-order valence-electron chi connectivity index (χ4n) is 1.12. The number of carbonyl (C=O) groups is 1. The number of rotatable bonds is 4. The number of hydrogen-bond donors (Lipinski definition) is 1. The van der Waals surface area contributed by atoms with Gasteiger partial charge in [-0.05, 0) is 30.2 Å². The van der Waals surface area contributed by atoms with Crippen LogP contribution in [0, 0.1) is 6.92 Å². The number of benzene rings is 1. The molecule has 3 heteroatoms. The molecule has 0 aliphatic carbocycles. The number of hydrogen-bond acceptors (Lipinski definition) is 1. The van der Waals surface area contributed by atoms with Gasteiger partial charge in [0.05, 0.1) is 0 Å². The summed E-state index contributed by atoms with van der Waals surface area (Å²) in [5.41, 5.74) is 1.93. The van der Waals surface area contributed by atoms with Gasteiger partial charge < -0.3 is 5.32 Å². The molecule has 0 saturated carbocycles. The Morgan fingerprint density at radius 3 is 2.94 bits per heavy atom. The molecule has 0 radical (unpaired) electrons. The van der Waals surface area contributed by atoms with E-state index in [4.69, 9.17) is 11.6 Å². The average Bonchev–Trinajstić information content (AvgIpc) is 2.28. The molecule has 0 fully saturated rings. The van der Waals surface area contributed by atoms with Gasteiger partial charge in [0, 0.05) is 17.6 Å². The van der Waals surface area contributed by atoms with E-state index in [1.807, 2.05) is 25.1 Å². The van der Waals surface area contributed by atoms with Crippen LogP contribution in [0.1, 0.15) is 11.1 Å². The fraction of sp³-hybridized carbons (Fsp3) is 0.154. The summed E-state index contributed by atoms with van der Waals surface area (Å²) >= 11 is 5.97. The number of amides is 1. The van der Waals surface area contributed by atoms with E-state index in [1.165, 1.54) is 6.08 Å². The van der Waals surface area contributed by atoms with Gasteiger partial charge >= 0.3 is 0 Å². The summed E-state index contributed by atoms with van der Waals surface area (Å²) in [5.74, 6) is -0.142. The molecule has 1 aromatic carbocycles. The highest BCUT2D eigenvalue weighted by Gasteiger charge is 1.96. The van der Waals surface area contributed by atoms with Crippen LogP contribution < -0.4 is 5.32 Å². The van der Waals surface area contributed by atoms with Crippen molar-refractivity contribution in [2.75, 3.05) is 6.54 Å². The first-order chi connectivity index (χ1) is 7.63. The summed E-state index contributed by atoms with van der Waals surface area (Å²) in [6.07, 6.45) is 4.84. The van der Waals surface area contributed by atoms with E-state index < -0.39 is 0 Å². The Hall–Kier alpha value is -1.54. The monoisotopic (exact) mass is 235 g/mol. The Balaban J connectivity index is 2.65. The summed E-state index contributed by atoms with van der Waals surface area (Å²) in [6.45, 7) is 5.92. The van der Waals surface area contributed by atoms with E-state index >= 15 is 0 Å². The van der Waals surface area contributed by atoms with Gasteiger partial charge in [0.2, 0.25) is 5.91 Å². The zero-order valence-corrected chi connectivity index (χ0v) is 9.92. The van der Waals surface area contributed by atoms with Gasteiger partial charge in [-0.3, -0.25) is 4.79 Å². The maximum absolute atomic E-state index is 11.2. The van der Waals surface area contributed by atoms with Crippen molar-refractivity contribution in [2.45, 2.75) is 6.92 Å². The summed E-state index contributed by atoms with van der Waals surface area (Å²) in [4.78, 5) is 11.2. The predicted molar refractivity (Wildman–Crippen MR) is 68.4 cm³/mol. The lowest BCUT2D eigenvalue weighted by Crippen LogP contribution is -2.20. The van der Waals surface area contributed by atoms with Crippen molar-refractivity contribution in [3.63, 3.8) is 0 Å². The molecule has 1 amide bonds. The average molecular weight is 236 g/mol. The van der Waals surface area contributed by atoms with Crippen molar-refractivity contribution in [3.8, 4) is 0 Å². The Bertz CT molecular complexity index is 424. The quantitative estimate of drug-likeness (QED) is 0.631. The Morgan fingerprint density at radius 1 is 1.56 bits per heavy atom. The molecule has 0 aromatic heterocycles. The van der Waals surface area contributed by atoms with Gasteiger partial charge in [-0.1, -0.05) is 29.8 Å². The van der Waals surface area contributed by atoms with Crippen LogP contribution in [-0.2, 0) is 4.79 Å². The third-order valence-electron chi connectivity index (χ3n) is 2.04. The second-order valence-corrected chi connectivity index (χ2v) is 3.78. The third kappa shape index (κ3) is 3.91. The lowest BCUT2D eigenvalue weighted by Gasteiger charge is -1.99. The molecule has 1 aromatic rings. The molecule has 0 aliphatic rings. The SMILES string of the molecule is C=CCNC(=O)C=Cc1ccc(C)c(Cl)c1. The molecule has 1 rings (SSSR count). The Labute approximate surface area is 101 Å². The maximum Gasteiger partial charge on any atom is 0.244 e. The van der Waals surface area contributed by atoms with Crippen LogP contribution >= 0.6 is 11.6 Å². The molecule has 0 saturated heterocycles. The molecule has 0 heterocycles. The zero-order valence-electron chi connectivity index (χ0n) is 9.16. The van der Waals surface area contributed by atoms with Crippen molar-refractivity contribution >= 4 is 23.6 Å². The first-order valence-electron chi connectivity index (χ1n) is 4.96. The minimum Gasteiger partial charge on any atom is -0.349 e.